The van der Waals surface area contributed by atoms with Gasteiger partial charge in [0.15, 0.2) is 0 Å². The Morgan fingerprint density at radius 1 is 1.14 bits per heavy atom. The molecule has 5 heteroatoms. The Labute approximate surface area is 131 Å². The number of methoxy groups -OCH3 is 1. The first-order valence-corrected chi connectivity index (χ1v) is 7.49. The van der Waals surface area contributed by atoms with Gasteiger partial charge in [-0.15, -0.1) is 0 Å². The van der Waals surface area contributed by atoms with Gasteiger partial charge in [-0.25, -0.2) is 4.79 Å². The topological polar surface area (TPSA) is 72.5 Å². The molecule has 0 heterocycles. The molecule has 1 atom stereocenters. The number of ether oxygens (including phenoxy) is 1. The summed E-state index contributed by atoms with van der Waals surface area (Å²) in [5, 5.41) is 2.65. The standard InChI is InChI=1S/C17H23NO4/c1-3-14(19)10-11-15(17(21)22-2)18-16(20)12-9-13-7-5-4-6-8-13/h4-8,15H,3,9-12H2,1-2H3,(H,18,20)/t15-/m1/s1. The maximum Gasteiger partial charge on any atom is 0.328 e. The number of hydrogen-bond acceptors (Lipinski definition) is 4. The van der Waals surface area contributed by atoms with Crippen LogP contribution in [0.4, 0.5) is 0 Å². The molecule has 0 aliphatic heterocycles. The third-order valence-electron chi connectivity index (χ3n) is 3.41. The second-order valence-electron chi connectivity index (χ2n) is 5.06. The van der Waals surface area contributed by atoms with E-state index in [0.29, 0.717) is 19.3 Å². The molecule has 1 rings (SSSR count). The molecule has 0 radical (unpaired) electrons. The molecule has 0 saturated heterocycles. The summed E-state index contributed by atoms with van der Waals surface area (Å²) in [5.41, 5.74) is 1.06. The first kappa shape index (κ1) is 17.9. The average molecular weight is 305 g/mol. The first-order valence-electron chi connectivity index (χ1n) is 7.49. The second kappa shape index (κ2) is 9.71. The van der Waals surface area contributed by atoms with Crippen molar-refractivity contribution in [3.8, 4) is 0 Å². The molecule has 0 aliphatic carbocycles. The Balaban J connectivity index is 2.48. The van der Waals surface area contributed by atoms with Crippen molar-refractivity contribution in [3.05, 3.63) is 35.9 Å². The van der Waals surface area contributed by atoms with Gasteiger partial charge < -0.3 is 10.1 Å². The highest BCUT2D eigenvalue weighted by Gasteiger charge is 2.21. The van der Waals surface area contributed by atoms with Gasteiger partial charge in [-0.1, -0.05) is 37.3 Å². The Morgan fingerprint density at radius 2 is 1.82 bits per heavy atom. The van der Waals surface area contributed by atoms with Crippen LogP contribution in [0.1, 0.15) is 38.2 Å². The minimum absolute atomic E-state index is 0.0624. The number of aryl methyl sites for hydroxylation is 1. The van der Waals surface area contributed by atoms with Crippen LogP contribution in [0, 0.1) is 0 Å². The lowest BCUT2D eigenvalue weighted by Crippen LogP contribution is -2.41. The van der Waals surface area contributed by atoms with Crippen molar-refractivity contribution < 1.29 is 19.1 Å². The van der Waals surface area contributed by atoms with Gasteiger partial charge >= 0.3 is 5.97 Å². The third kappa shape index (κ3) is 6.52. The monoisotopic (exact) mass is 305 g/mol. The number of carbonyl (C=O) groups excluding carboxylic acids is 3. The van der Waals surface area contributed by atoms with Crippen molar-refractivity contribution in [1.82, 2.24) is 5.32 Å². The molecule has 120 valence electrons. The van der Waals surface area contributed by atoms with Crippen LogP contribution in [0.3, 0.4) is 0 Å². The van der Waals surface area contributed by atoms with E-state index in [1.54, 1.807) is 6.92 Å². The number of benzene rings is 1. The number of carbonyl (C=O) groups is 3. The lowest BCUT2D eigenvalue weighted by atomic mass is 10.1. The molecule has 1 aromatic rings. The maximum absolute atomic E-state index is 12.0. The molecule has 0 saturated carbocycles. The van der Waals surface area contributed by atoms with E-state index in [2.05, 4.69) is 10.1 Å². The summed E-state index contributed by atoms with van der Waals surface area (Å²) in [6.45, 7) is 1.77. The van der Waals surface area contributed by atoms with E-state index in [0.717, 1.165) is 5.56 Å². The minimum atomic E-state index is -0.760. The van der Waals surface area contributed by atoms with Crippen LogP contribution in [0.5, 0.6) is 0 Å². The fourth-order valence-electron chi connectivity index (χ4n) is 2.04. The number of amides is 1. The average Bonchev–Trinajstić information content (AvgIpc) is 2.56. The van der Waals surface area contributed by atoms with E-state index in [1.807, 2.05) is 30.3 Å². The lowest BCUT2D eigenvalue weighted by molar-refractivity contribution is -0.145. The normalized spacial score (nSPS) is 11.5. The summed E-state index contributed by atoms with van der Waals surface area (Å²) in [7, 11) is 1.27. The smallest absolute Gasteiger partial charge is 0.328 e. The van der Waals surface area contributed by atoms with Crippen LogP contribution in [0.2, 0.25) is 0 Å². The zero-order valence-corrected chi connectivity index (χ0v) is 13.1. The molecular formula is C17H23NO4. The molecule has 5 nitrogen and oxygen atoms in total. The fraction of sp³-hybridized carbons (Fsp3) is 0.471. The van der Waals surface area contributed by atoms with Gasteiger partial charge in [-0.3, -0.25) is 9.59 Å². The number of ketones is 1. The zero-order valence-electron chi connectivity index (χ0n) is 13.1. The SMILES string of the molecule is CCC(=O)CC[C@@H](NC(=O)CCc1ccccc1)C(=O)OC. The molecule has 1 amide bonds. The largest absolute Gasteiger partial charge is 0.467 e. The quantitative estimate of drug-likeness (QED) is 0.709. The molecule has 0 fully saturated rings. The van der Waals surface area contributed by atoms with Crippen molar-refractivity contribution in [2.45, 2.75) is 45.1 Å². The van der Waals surface area contributed by atoms with E-state index in [4.69, 9.17) is 0 Å². The van der Waals surface area contributed by atoms with Crippen molar-refractivity contribution >= 4 is 17.7 Å². The summed E-state index contributed by atoms with van der Waals surface area (Å²) in [4.78, 5) is 35.0. The predicted octanol–water partition coefficient (Wildman–Crippen LogP) is 2.04. The first-order chi connectivity index (χ1) is 10.6. The maximum atomic E-state index is 12.0. The molecule has 0 aromatic heterocycles. The summed E-state index contributed by atoms with van der Waals surface area (Å²) < 4.78 is 4.68. The molecule has 22 heavy (non-hydrogen) atoms. The summed E-state index contributed by atoms with van der Waals surface area (Å²) >= 11 is 0. The lowest BCUT2D eigenvalue weighted by Gasteiger charge is -2.16. The van der Waals surface area contributed by atoms with E-state index in [-0.39, 0.29) is 24.5 Å². The number of esters is 1. The fourth-order valence-corrected chi connectivity index (χ4v) is 2.04. The van der Waals surface area contributed by atoms with E-state index >= 15 is 0 Å². The van der Waals surface area contributed by atoms with E-state index < -0.39 is 12.0 Å². The highest BCUT2D eigenvalue weighted by molar-refractivity contribution is 5.85. The van der Waals surface area contributed by atoms with Gasteiger partial charge in [-0.2, -0.15) is 0 Å². The summed E-state index contributed by atoms with van der Waals surface area (Å²) in [5.74, 6) is -0.674. The molecule has 0 bridgehead atoms. The molecule has 0 aliphatic rings. The molecular weight excluding hydrogens is 282 g/mol. The van der Waals surface area contributed by atoms with Crippen LogP contribution >= 0.6 is 0 Å². The highest BCUT2D eigenvalue weighted by atomic mass is 16.5. The summed E-state index contributed by atoms with van der Waals surface area (Å²) in [6.07, 6.45) is 1.86. The van der Waals surface area contributed by atoms with Gasteiger partial charge in [-0.05, 0) is 18.4 Å². The number of Topliss-reactive ketones (excluding diaryl/α,β-unsaturated/α-hetero) is 1. The number of nitrogens with one attached hydrogen (secondary N) is 1. The van der Waals surface area contributed by atoms with Crippen molar-refractivity contribution in [1.29, 1.82) is 0 Å². The Hall–Kier alpha value is -2.17. The van der Waals surface area contributed by atoms with Gasteiger partial charge in [0.25, 0.3) is 0 Å². The Bertz CT molecular complexity index is 499. The van der Waals surface area contributed by atoms with Gasteiger partial charge in [0.2, 0.25) is 5.91 Å². The van der Waals surface area contributed by atoms with Gasteiger partial charge in [0.05, 0.1) is 7.11 Å². The van der Waals surface area contributed by atoms with Crippen molar-refractivity contribution in [2.75, 3.05) is 7.11 Å². The minimum Gasteiger partial charge on any atom is -0.467 e. The molecule has 0 spiro atoms. The van der Waals surface area contributed by atoms with E-state index in [9.17, 15) is 14.4 Å². The predicted molar refractivity (Wildman–Crippen MR) is 83.2 cm³/mol. The number of hydrogen-bond donors (Lipinski definition) is 1. The van der Waals surface area contributed by atoms with Crippen LogP contribution in [-0.4, -0.2) is 30.8 Å². The number of rotatable bonds is 9. The van der Waals surface area contributed by atoms with Crippen LogP contribution in [0.25, 0.3) is 0 Å². The van der Waals surface area contributed by atoms with Gasteiger partial charge in [0.1, 0.15) is 11.8 Å². The second-order valence-corrected chi connectivity index (χ2v) is 5.06. The third-order valence-corrected chi connectivity index (χ3v) is 3.41. The zero-order chi connectivity index (χ0) is 16.4. The van der Waals surface area contributed by atoms with Gasteiger partial charge in [0, 0.05) is 19.3 Å². The summed E-state index contributed by atoms with van der Waals surface area (Å²) in [6, 6.07) is 8.89. The van der Waals surface area contributed by atoms with E-state index in [1.165, 1.54) is 7.11 Å². The van der Waals surface area contributed by atoms with Crippen molar-refractivity contribution in [3.63, 3.8) is 0 Å². The van der Waals surface area contributed by atoms with Crippen LogP contribution in [-0.2, 0) is 25.5 Å². The van der Waals surface area contributed by atoms with Crippen molar-refractivity contribution in [2.24, 2.45) is 0 Å². The Morgan fingerprint density at radius 3 is 2.41 bits per heavy atom. The highest BCUT2D eigenvalue weighted by Crippen LogP contribution is 2.05. The van der Waals surface area contributed by atoms with Crippen LogP contribution in [0.15, 0.2) is 30.3 Å². The molecule has 1 N–H and O–H groups in total. The molecule has 1 aromatic carbocycles. The molecule has 0 unspecified atom stereocenters. The van der Waals surface area contributed by atoms with Crippen LogP contribution < -0.4 is 5.32 Å². The Kier molecular flexibility index (Phi) is 7.89.